The van der Waals surface area contributed by atoms with E-state index >= 15 is 0 Å². The lowest BCUT2D eigenvalue weighted by molar-refractivity contribution is 0.249. The standard InChI is InChI=1S/C24H24N6S/c1-2-5-18(6-3-1)23-25-20-8-4-7-19(20)24(26-23)30-13-11-29(12-14-30)16-17-9-10-21-22(15-17)28-31-27-21/h1-3,5-6,9-10,15H,4,7-8,11-14,16H2. The third kappa shape index (κ3) is 3.68. The van der Waals surface area contributed by atoms with Crippen molar-refractivity contribution in [3.63, 3.8) is 0 Å². The first kappa shape index (κ1) is 18.8. The summed E-state index contributed by atoms with van der Waals surface area (Å²) in [6, 6.07) is 16.8. The molecule has 0 saturated carbocycles. The van der Waals surface area contributed by atoms with Crippen molar-refractivity contribution in [2.24, 2.45) is 0 Å². The van der Waals surface area contributed by atoms with Crippen LogP contribution in [-0.4, -0.2) is 49.8 Å². The number of hydrogen-bond donors (Lipinski definition) is 0. The van der Waals surface area contributed by atoms with E-state index in [-0.39, 0.29) is 0 Å². The van der Waals surface area contributed by atoms with Crippen molar-refractivity contribution in [2.75, 3.05) is 31.1 Å². The maximum atomic E-state index is 5.06. The summed E-state index contributed by atoms with van der Waals surface area (Å²) in [5.74, 6) is 2.03. The molecule has 6 nitrogen and oxygen atoms in total. The summed E-state index contributed by atoms with van der Waals surface area (Å²) in [6.07, 6.45) is 3.35. The average Bonchev–Trinajstić information content (AvgIpc) is 3.48. The number of fused-ring (bicyclic) bond motifs is 2. The van der Waals surface area contributed by atoms with Crippen LogP contribution in [0.3, 0.4) is 0 Å². The van der Waals surface area contributed by atoms with Crippen molar-refractivity contribution in [3.8, 4) is 11.4 Å². The van der Waals surface area contributed by atoms with E-state index < -0.39 is 0 Å². The van der Waals surface area contributed by atoms with Gasteiger partial charge in [-0.05, 0) is 37.0 Å². The molecule has 1 aliphatic heterocycles. The van der Waals surface area contributed by atoms with Crippen LogP contribution in [0.15, 0.2) is 48.5 Å². The highest BCUT2D eigenvalue weighted by Gasteiger charge is 2.26. The van der Waals surface area contributed by atoms with Crippen LogP contribution in [0.25, 0.3) is 22.4 Å². The van der Waals surface area contributed by atoms with Crippen molar-refractivity contribution in [2.45, 2.75) is 25.8 Å². The number of anilines is 1. The molecule has 0 radical (unpaired) electrons. The van der Waals surface area contributed by atoms with Gasteiger partial charge in [-0.15, -0.1) is 0 Å². The van der Waals surface area contributed by atoms with E-state index in [4.69, 9.17) is 9.97 Å². The van der Waals surface area contributed by atoms with Gasteiger partial charge in [-0.25, -0.2) is 9.97 Å². The molecule has 7 heteroatoms. The van der Waals surface area contributed by atoms with E-state index in [0.717, 1.165) is 73.8 Å². The van der Waals surface area contributed by atoms with Crippen molar-refractivity contribution in [3.05, 3.63) is 65.4 Å². The summed E-state index contributed by atoms with van der Waals surface area (Å²) >= 11 is 1.28. The molecule has 1 aliphatic carbocycles. The number of hydrogen-bond acceptors (Lipinski definition) is 7. The SMILES string of the molecule is c1ccc(-c2nc3c(c(N4CCN(Cc5ccc6nsnc6c5)CC4)n2)CCC3)cc1. The van der Waals surface area contributed by atoms with Gasteiger partial charge in [-0.2, -0.15) is 8.75 Å². The lowest BCUT2D eigenvalue weighted by Gasteiger charge is -2.36. The van der Waals surface area contributed by atoms with Gasteiger partial charge in [0, 0.05) is 49.5 Å². The first-order chi connectivity index (χ1) is 15.3. The molecule has 3 heterocycles. The van der Waals surface area contributed by atoms with E-state index in [2.05, 4.69) is 61.0 Å². The van der Waals surface area contributed by atoms with Crippen LogP contribution in [0.1, 0.15) is 23.2 Å². The van der Waals surface area contributed by atoms with Gasteiger partial charge in [0.15, 0.2) is 5.82 Å². The molecular weight excluding hydrogens is 404 g/mol. The molecule has 1 saturated heterocycles. The van der Waals surface area contributed by atoms with Crippen molar-refractivity contribution in [1.82, 2.24) is 23.6 Å². The Balaban J connectivity index is 1.20. The Labute approximate surface area is 185 Å². The van der Waals surface area contributed by atoms with Crippen LogP contribution in [0, 0.1) is 0 Å². The van der Waals surface area contributed by atoms with Crippen LogP contribution in [-0.2, 0) is 19.4 Å². The Bertz CT molecular complexity index is 1210. The van der Waals surface area contributed by atoms with Crippen LogP contribution < -0.4 is 4.90 Å². The minimum absolute atomic E-state index is 0.865. The van der Waals surface area contributed by atoms with Gasteiger partial charge < -0.3 is 4.90 Å². The molecular formula is C24H24N6S. The highest BCUT2D eigenvalue weighted by atomic mass is 32.1. The van der Waals surface area contributed by atoms with Gasteiger partial charge in [0.05, 0.1) is 11.7 Å². The van der Waals surface area contributed by atoms with Gasteiger partial charge in [-0.3, -0.25) is 4.90 Å². The number of aromatic nitrogens is 4. The summed E-state index contributed by atoms with van der Waals surface area (Å²) in [5, 5.41) is 0. The maximum absolute atomic E-state index is 5.06. The van der Waals surface area contributed by atoms with Crippen LogP contribution in [0.2, 0.25) is 0 Å². The molecule has 156 valence electrons. The molecule has 2 aromatic heterocycles. The number of benzene rings is 2. The Hall–Kier alpha value is -2.90. The zero-order chi connectivity index (χ0) is 20.6. The molecule has 0 amide bonds. The van der Waals surface area contributed by atoms with Gasteiger partial charge >= 0.3 is 0 Å². The molecule has 0 spiro atoms. The zero-order valence-corrected chi connectivity index (χ0v) is 18.2. The second-order valence-electron chi connectivity index (χ2n) is 8.37. The highest BCUT2D eigenvalue weighted by Crippen LogP contribution is 2.32. The van der Waals surface area contributed by atoms with E-state index in [1.807, 2.05) is 6.07 Å². The van der Waals surface area contributed by atoms with Gasteiger partial charge in [-0.1, -0.05) is 36.4 Å². The van der Waals surface area contributed by atoms with Crippen LogP contribution in [0.5, 0.6) is 0 Å². The monoisotopic (exact) mass is 428 g/mol. The second-order valence-corrected chi connectivity index (χ2v) is 8.89. The number of aryl methyl sites for hydroxylation is 1. The molecule has 2 aliphatic rings. The molecule has 0 N–H and O–H groups in total. The predicted molar refractivity (Wildman–Crippen MR) is 124 cm³/mol. The topological polar surface area (TPSA) is 58.0 Å². The largest absolute Gasteiger partial charge is 0.354 e. The summed E-state index contributed by atoms with van der Waals surface area (Å²) in [7, 11) is 0. The third-order valence-electron chi connectivity index (χ3n) is 6.34. The smallest absolute Gasteiger partial charge is 0.161 e. The molecule has 0 atom stereocenters. The summed E-state index contributed by atoms with van der Waals surface area (Å²) < 4.78 is 8.69. The van der Waals surface area contributed by atoms with E-state index in [0.29, 0.717) is 0 Å². The lowest BCUT2D eigenvalue weighted by atomic mass is 10.1. The van der Waals surface area contributed by atoms with Crippen molar-refractivity contribution < 1.29 is 0 Å². The first-order valence-electron chi connectivity index (χ1n) is 11.0. The molecule has 6 rings (SSSR count). The predicted octanol–water partition coefficient (Wildman–Crippen LogP) is 3.96. The fraction of sp³-hybridized carbons (Fsp3) is 0.333. The Kier molecular flexibility index (Phi) is 4.85. The second kappa shape index (κ2) is 7.98. The molecule has 0 unspecified atom stereocenters. The minimum Gasteiger partial charge on any atom is -0.354 e. The molecule has 31 heavy (non-hydrogen) atoms. The zero-order valence-electron chi connectivity index (χ0n) is 17.4. The number of nitrogens with zero attached hydrogens (tertiary/aromatic N) is 6. The summed E-state index contributed by atoms with van der Waals surface area (Å²) in [6.45, 7) is 5.02. The number of piperazine rings is 1. The van der Waals surface area contributed by atoms with E-state index in [9.17, 15) is 0 Å². The molecule has 1 fully saturated rings. The summed E-state index contributed by atoms with van der Waals surface area (Å²) in [4.78, 5) is 15.0. The lowest BCUT2D eigenvalue weighted by Crippen LogP contribution is -2.46. The fourth-order valence-electron chi connectivity index (χ4n) is 4.69. The van der Waals surface area contributed by atoms with Gasteiger partial charge in [0.2, 0.25) is 0 Å². The van der Waals surface area contributed by atoms with E-state index in [1.54, 1.807) is 0 Å². The van der Waals surface area contributed by atoms with Crippen LogP contribution in [0.4, 0.5) is 5.82 Å². The Morgan fingerprint density at radius 3 is 2.55 bits per heavy atom. The molecule has 4 aromatic rings. The maximum Gasteiger partial charge on any atom is 0.161 e. The van der Waals surface area contributed by atoms with Crippen molar-refractivity contribution >= 4 is 28.6 Å². The first-order valence-corrected chi connectivity index (χ1v) is 11.7. The van der Waals surface area contributed by atoms with Crippen molar-refractivity contribution in [1.29, 1.82) is 0 Å². The quantitative estimate of drug-likeness (QED) is 0.490. The van der Waals surface area contributed by atoms with Crippen LogP contribution >= 0.6 is 11.7 Å². The van der Waals surface area contributed by atoms with Gasteiger partial charge in [0.25, 0.3) is 0 Å². The van der Waals surface area contributed by atoms with E-state index in [1.165, 1.54) is 35.0 Å². The fourth-order valence-corrected chi connectivity index (χ4v) is 5.21. The Morgan fingerprint density at radius 1 is 0.839 bits per heavy atom. The Morgan fingerprint density at radius 2 is 1.68 bits per heavy atom. The molecule has 0 bridgehead atoms. The normalized spacial score (nSPS) is 16.7. The minimum atomic E-state index is 0.865. The number of rotatable bonds is 4. The highest BCUT2D eigenvalue weighted by molar-refractivity contribution is 7.00. The molecule has 2 aromatic carbocycles. The van der Waals surface area contributed by atoms with Gasteiger partial charge in [0.1, 0.15) is 16.9 Å². The third-order valence-corrected chi connectivity index (χ3v) is 6.90. The summed E-state index contributed by atoms with van der Waals surface area (Å²) in [5.41, 5.74) is 7.02. The average molecular weight is 429 g/mol.